The molecule has 0 aliphatic rings. The number of aliphatic hydroxyl groups excluding tert-OH is 1. The summed E-state index contributed by atoms with van der Waals surface area (Å²) in [6, 6.07) is 12.6. The number of amides is 1. The van der Waals surface area contributed by atoms with E-state index < -0.39 is 10.8 Å². The summed E-state index contributed by atoms with van der Waals surface area (Å²) in [7, 11) is 0. The van der Waals surface area contributed by atoms with Crippen LogP contribution in [0, 0.1) is 10.1 Å². The van der Waals surface area contributed by atoms with Gasteiger partial charge in [0, 0.05) is 18.0 Å². The highest BCUT2D eigenvalue weighted by Gasteiger charge is 2.18. The SMILES string of the molecule is O=C(Nc1cccc(CO)c1)c1ccc([N+](=O)[O-])c2cccnc12. The number of hydrogen-bond acceptors (Lipinski definition) is 5. The predicted molar refractivity (Wildman–Crippen MR) is 88.7 cm³/mol. The Bertz CT molecular complexity index is 940. The summed E-state index contributed by atoms with van der Waals surface area (Å²) in [6.07, 6.45) is 1.48. The summed E-state index contributed by atoms with van der Waals surface area (Å²) in [4.78, 5) is 27.2. The van der Waals surface area contributed by atoms with E-state index in [0.29, 0.717) is 16.6 Å². The van der Waals surface area contributed by atoms with E-state index in [2.05, 4.69) is 10.3 Å². The topological polar surface area (TPSA) is 105 Å². The predicted octanol–water partition coefficient (Wildman–Crippen LogP) is 2.89. The van der Waals surface area contributed by atoms with Crippen LogP contribution in [0.15, 0.2) is 54.7 Å². The maximum Gasteiger partial charge on any atom is 0.278 e. The second-order valence-electron chi connectivity index (χ2n) is 5.10. The number of anilines is 1. The van der Waals surface area contributed by atoms with Gasteiger partial charge in [0.1, 0.15) is 0 Å². The molecule has 7 nitrogen and oxygen atoms in total. The maximum atomic E-state index is 12.5. The number of rotatable bonds is 4. The van der Waals surface area contributed by atoms with E-state index in [0.717, 1.165) is 0 Å². The van der Waals surface area contributed by atoms with E-state index >= 15 is 0 Å². The van der Waals surface area contributed by atoms with Crippen LogP contribution in [0.3, 0.4) is 0 Å². The number of nitrogens with one attached hydrogen (secondary N) is 1. The van der Waals surface area contributed by atoms with Gasteiger partial charge in [0.05, 0.1) is 28.0 Å². The van der Waals surface area contributed by atoms with Crippen molar-refractivity contribution in [1.29, 1.82) is 0 Å². The number of nitro benzene ring substituents is 1. The average molecular weight is 323 g/mol. The number of non-ortho nitro benzene ring substituents is 1. The Hall–Kier alpha value is -3.32. The smallest absolute Gasteiger partial charge is 0.278 e. The lowest BCUT2D eigenvalue weighted by atomic mass is 10.1. The van der Waals surface area contributed by atoms with E-state index in [1.54, 1.807) is 36.4 Å². The molecular formula is C17H13N3O4. The molecule has 0 fully saturated rings. The fourth-order valence-corrected chi connectivity index (χ4v) is 2.45. The van der Waals surface area contributed by atoms with Gasteiger partial charge in [-0.25, -0.2) is 0 Å². The molecule has 0 bridgehead atoms. The van der Waals surface area contributed by atoms with E-state index in [1.165, 1.54) is 18.3 Å². The molecule has 1 heterocycles. The van der Waals surface area contributed by atoms with Crippen LogP contribution in [0.25, 0.3) is 10.9 Å². The second-order valence-corrected chi connectivity index (χ2v) is 5.10. The Morgan fingerprint density at radius 2 is 2.04 bits per heavy atom. The minimum absolute atomic E-state index is 0.100. The van der Waals surface area contributed by atoms with Gasteiger partial charge in [-0.15, -0.1) is 0 Å². The number of hydrogen-bond donors (Lipinski definition) is 2. The van der Waals surface area contributed by atoms with Crippen molar-refractivity contribution >= 4 is 28.2 Å². The van der Waals surface area contributed by atoms with Crippen molar-refractivity contribution in [2.24, 2.45) is 0 Å². The van der Waals surface area contributed by atoms with Crippen LogP contribution >= 0.6 is 0 Å². The fourth-order valence-electron chi connectivity index (χ4n) is 2.45. The lowest BCUT2D eigenvalue weighted by molar-refractivity contribution is -0.383. The van der Waals surface area contributed by atoms with Crippen molar-refractivity contribution in [1.82, 2.24) is 4.98 Å². The molecule has 3 rings (SSSR count). The molecule has 0 unspecified atom stereocenters. The van der Waals surface area contributed by atoms with Gasteiger partial charge in [-0.2, -0.15) is 0 Å². The third-order valence-corrected chi connectivity index (χ3v) is 3.56. The molecule has 24 heavy (non-hydrogen) atoms. The minimum atomic E-state index is -0.504. The molecule has 0 saturated heterocycles. The number of carbonyl (C=O) groups is 1. The van der Waals surface area contributed by atoms with E-state index in [1.807, 2.05) is 0 Å². The molecule has 7 heteroatoms. The van der Waals surface area contributed by atoms with Crippen molar-refractivity contribution in [3.05, 3.63) is 76.0 Å². The van der Waals surface area contributed by atoms with Gasteiger partial charge in [0.25, 0.3) is 11.6 Å². The highest BCUT2D eigenvalue weighted by atomic mass is 16.6. The number of aliphatic hydroxyl groups is 1. The van der Waals surface area contributed by atoms with Crippen LogP contribution in [0.1, 0.15) is 15.9 Å². The van der Waals surface area contributed by atoms with Gasteiger partial charge in [0.15, 0.2) is 0 Å². The van der Waals surface area contributed by atoms with Crippen LogP contribution < -0.4 is 5.32 Å². The van der Waals surface area contributed by atoms with Gasteiger partial charge in [-0.05, 0) is 35.9 Å². The van der Waals surface area contributed by atoms with Crippen LogP contribution in [0.2, 0.25) is 0 Å². The quantitative estimate of drug-likeness (QED) is 0.567. The molecule has 120 valence electrons. The summed E-state index contributed by atoms with van der Waals surface area (Å²) in [5.41, 5.74) is 1.60. The molecule has 0 aliphatic heterocycles. The summed E-state index contributed by atoms with van der Waals surface area (Å²) in [6.45, 7) is -0.133. The zero-order valence-electron chi connectivity index (χ0n) is 12.5. The van der Waals surface area contributed by atoms with Gasteiger partial charge < -0.3 is 10.4 Å². The number of carbonyl (C=O) groups excluding carboxylic acids is 1. The van der Waals surface area contributed by atoms with Crippen molar-refractivity contribution in [3.8, 4) is 0 Å². The van der Waals surface area contributed by atoms with Gasteiger partial charge in [-0.1, -0.05) is 12.1 Å². The highest BCUT2D eigenvalue weighted by Crippen LogP contribution is 2.27. The lowest BCUT2D eigenvalue weighted by Gasteiger charge is -2.08. The van der Waals surface area contributed by atoms with Gasteiger partial charge in [0.2, 0.25) is 0 Å². The number of fused-ring (bicyclic) bond motifs is 1. The van der Waals surface area contributed by atoms with E-state index in [4.69, 9.17) is 5.11 Å². The van der Waals surface area contributed by atoms with Gasteiger partial charge >= 0.3 is 0 Å². The maximum absolute atomic E-state index is 12.5. The van der Waals surface area contributed by atoms with Crippen molar-refractivity contribution < 1.29 is 14.8 Å². The molecule has 3 aromatic rings. The number of nitro groups is 1. The monoisotopic (exact) mass is 323 g/mol. The van der Waals surface area contributed by atoms with E-state index in [9.17, 15) is 14.9 Å². The molecule has 0 spiro atoms. The molecule has 0 radical (unpaired) electrons. The molecule has 2 N–H and O–H groups in total. The molecule has 1 aromatic heterocycles. The molecule has 0 saturated carbocycles. The second kappa shape index (κ2) is 6.43. The molecule has 2 aromatic carbocycles. The van der Waals surface area contributed by atoms with E-state index in [-0.39, 0.29) is 23.4 Å². The Morgan fingerprint density at radius 1 is 1.21 bits per heavy atom. The number of pyridine rings is 1. The number of aromatic nitrogens is 1. The van der Waals surface area contributed by atoms with Crippen molar-refractivity contribution in [2.45, 2.75) is 6.61 Å². The molecule has 0 atom stereocenters. The Balaban J connectivity index is 2.01. The summed E-state index contributed by atoms with van der Waals surface area (Å²) < 4.78 is 0. The van der Waals surface area contributed by atoms with Crippen LogP contribution in [0.4, 0.5) is 11.4 Å². The Labute approximate surface area is 136 Å². The summed E-state index contributed by atoms with van der Waals surface area (Å²) in [5.74, 6) is -0.427. The molecule has 1 amide bonds. The zero-order chi connectivity index (χ0) is 17.1. The first-order valence-corrected chi connectivity index (χ1v) is 7.13. The first kappa shape index (κ1) is 15.6. The normalized spacial score (nSPS) is 10.5. The largest absolute Gasteiger partial charge is 0.392 e. The minimum Gasteiger partial charge on any atom is -0.392 e. The Kier molecular flexibility index (Phi) is 4.17. The summed E-state index contributed by atoms with van der Waals surface area (Å²) >= 11 is 0. The lowest BCUT2D eigenvalue weighted by Crippen LogP contribution is -2.13. The highest BCUT2D eigenvalue weighted by molar-refractivity contribution is 6.13. The first-order valence-electron chi connectivity index (χ1n) is 7.13. The van der Waals surface area contributed by atoms with Gasteiger partial charge in [-0.3, -0.25) is 19.9 Å². The molecule has 0 aliphatic carbocycles. The summed E-state index contributed by atoms with van der Waals surface area (Å²) in [5, 5.41) is 23.3. The third-order valence-electron chi connectivity index (χ3n) is 3.56. The standard InChI is InChI=1S/C17H13N3O4/c21-10-11-3-1-4-12(9-11)19-17(22)14-6-7-15(20(23)24)13-5-2-8-18-16(13)14/h1-9,21H,10H2,(H,19,22). The van der Waals surface area contributed by atoms with Crippen molar-refractivity contribution in [2.75, 3.05) is 5.32 Å². The van der Waals surface area contributed by atoms with Crippen LogP contribution in [0.5, 0.6) is 0 Å². The fraction of sp³-hybridized carbons (Fsp3) is 0.0588. The average Bonchev–Trinajstić information content (AvgIpc) is 2.60. The first-order chi connectivity index (χ1) is 11.6. The molecular weight excluding hydrogens is 310 g/mol. The Morgan fingerprint density at radius 3 is 2.79 bits per heavy atom. The van der Waals surface area contributed by atoms with Crippen LogP contribution in [-0.4, -0.2) is 20.9 Å². The number of nitrogens with zero attached hydrogens (tertiary/aromatic N) is 2. The third kappa shape index (κ3) is 2.92. The zero-order valence-corrected chi connectivity index (χ0v) is 12.5. The number of benzene rings is 2. The van der Waals surface area contributed by atoms with Crippen LogP contribution in [-0.2, 0) is 6.61 Å². The van der Waals surface area contributed by atoms with Crippen molar-refractivity contribution in [3.63, 3.8) is 0 Å².